The molecule has 0 spiro atoms. The van der Waals surface area contributed by atoms with E-state index in [-0.39, 0.29) is 28.7 Å². The fraction of sp³-hybridized carbons (Fsp3) is 0.316. The summed E-state index contributed by atoms with van der Waals surface area (Å²) < 4.78 is 13.2. The highest BCUT2D eigenvalue weighted by atomic mass is 32.2. The van der Waals surface area contributed by atoms with Crippen LogP contribution in [0, 0.1) is 15.9 Å². The molecule has 0 aliphatic carbocycles. The van der Waals surface area contributed by atoms with Gasteiger partial charge in [-0.25, -0.2) is 4.39 Å². The zero-order valence-electron chi connectivity index (χ0n) is 14.3. The lowest BCUT2D eigenvalue weighted by Crippen LogP contribution is -2.36. The molecule has 1 amide bonds. The third-order valence-corrected chi connectivity index (χ3v) is 5.60. The van der Waals surface area contributed by atoms with Gasteiger partial charge >= 0.3 is 0 Å². The summed E-state index contributed by atoms with van der Waals surface area (Å²) in [5.74, 6) is -0.258. The van der Waals surface area contributed by atoms with Crippen LogP contribution in [0.4, 0.5) is 10.1 Å². The van der Waals surface area contributed by atoms with E-state index >= 15 is 0 Å². The first kappa shape index (κ1) is 18.4. The number of carbonyl (C=O) groups excluding carboxylic acids is 1. The normalized spacial score (nSPS) is 17.9. The summed E-state index contributed by atoms with van der Waals surface area (Å²) in [5, 5.41) is 10.4. The van der Waals surface area contributed by atoms with Crippen LogP contribution in [0.1, 0.15) is 31.4 Å². The third kappa shape index (κ3) is 4.04. The molecule has 0 bridgehead atoms. The predicted molar refractivity (Wildman–Crippen MR) is 98.5 cm³/mol. The Balaban J connectivity index is 1.68. The molecule has 2 aromatic carbocycles. The number of likely N-dealkylation sites (tertiary alicyclic amines) is 1. The molecule has 7 heteroatoms. The topological polar surface area (TPSA) is 63.5 Å². The Morgan fingerprint density at radius 1 is 1.23 bits per heavy atom. The van der Waals surface area contributed by atoms with Gasteiger partial charge in [0.25, 0.3) is 5.69 Å². The van der Waals surface area contributed by atoms with E-state index in [9.17, 15) is 19.3 Å². The molecule has 2 atom stereocenters. The van der Waals surface area contributed by atoms with E-state index in [0.29, 0.717) is 6.54 Å². The van der Waals surface area contributed by atoms with Crippen molar-refractivity contribution in [2.24, 2.45) is 0 Å². The second-order valence-electron chi connectivity index (χ2n) is 6.25. The standard InChI is InChI=1S/C19H19FN2O3S/c1-13(26-17-10-8-16(9-11-17)22(24)25)19(23)21-12-2-3-18(21)14-4-6-15(20)7-5-14/h4-11,13,18H,2-3,12H2,1H3. The van der Waals surface area contributed by atoms with Gasteiger partial charge in [0.05, 0.1) is 16.2 Å². The second-order valence-corrected chi connectivity index (χ2v) is 7.67. The van der Waals surface area contributed by atoms with Gasteiger partial charge in [-0.1, -0.05) is 12.1 Å². The van der Waals surface area contributed by atoms with Gasteiger partial charge in [0, 0.05) is 23.6 Å². The fourth-order valence-corrected chi connectivity index (χ4v) is 4.13. The Labute approximate surface area is 155 Å². The minimum Gasteiger partial charge on any atom is -0.335 e. The van der Waals surface area contributed by atoms with Crippen molar-refractivity contribution in [1.29, 1.82) is 0 Å². The molecule has 1 fully saturated rings. The number of nitrogens with zero attached hydrogens (tertiary/aromatic N) is 2. The fourth-order valence-electron chi connectivity index (χ4n) is 3.20. The molecule has 1 heterocycles. The third-order valence-electron chi connectivity index (χ3n) is 4.50. The van der Waals surface area contributed by atoms with E-state index in [1.807, 2.05) is 11.8 Å². The second kappa shape index (κ2) is 7.86. The Morgan fingerprint density at radius 2 is 1.88 bits per heavy atom. The number of rotatable bonds is 5. The van der Waals surface area contributed by atoms with Crippen molar-refractivity contribution in [3.8, 4) is 0 Å². The van der Waals surface area contributed by atoms with Crippen molar-refractivity contribution in [2.75, 3.05) is 6.54 Å². The number of benzene rings is 2. The zero-order chi connectivity index (χ0) is 18.7. The van der Waals surface area contributed by atoms with Crippen LogP contribution >= 0.6 is 11.8 Å². The molecule has 0 aromatic heterocycles. The largest absolute Gasteiger partial charge is 0.335 e. The Morgan fingerprint density at radius 3 is 2.50 bits per heavy atom. The molecule has 3 rings (SSSR count). The summed E-state index contributed by atoms with van der Waals surface area (Å²) in [6.07, 6.45) is 1.79. The molecule has 0 radical (unpaired) electrons. The van der Waals surface area contributed by atoms with E-state index < -0.39 is 4.92 Å². The molecule has 2 unspecified atom stereocenters. The average Bonchev–Trinajstić information content (AvgIpc) is 3.11. The van der Waals surface area contributed by atoms with Crippen molar-refractivity contribution in [1.82, 2.24) is 4.90 Å². The lowest BCUT2D eigenvalue weighted by molar-refractivity contribution is -0.384. The Bertz CT molecular complexity index is 795. The maximum absolute atomic E-state index is 13.2. The number of non-ortho nitro benzene ring substituents is 1. The maximum Gasteiger partial charge on any atom is 0.269 e. The molecule has 0 N–H and O–H groups in total. The van der Waals surface area contributed by atoms with Crippen LogP contribution in [0.3, 0.4) is 0 Å². The lowest BCUT2D eigenvalue weighted by Gasteiger charge is -2.27. The molecule has 5 nitrogen and oxygen atoms in total. The Hall–Kier alpha value is -2.41. The van der Waals surface area contributed by atoms with Crippen molar-refractivity contribution in [3.05, 3.63) is 70.0 Å². The number of thioether (sulfide) groups is 1. The number of nitro benzene ring substituents is 1. The number of halogens is 1. The van der Waals surface area contributed by atoms with Gasteiger partial charge in [-0.05, 0) is 49.6 Å². The highest BCUT2D eigenvalue weighted by Gasteiger charge is 2.32. The lowest BCUT2D eigenvalue weighted by atomic mass is 10.0. The van der Waals surface area contributed by atoms with Crippen LogP contribution in [0.5, 0.6) is 0 Å². The number of hydrogen-bond acceptors (Lipinski definition) is 4. The SMILES string of the molecule is CC(Sc1ccc([N+](=O)[O-])cc1)C(=O)N1CCCC1c1ccc(F)cc1. The summed E-state index contributed by atoms with van der Waals surface area (Å²) >= 11 is 1.38. The molecule has 26 heavy (non-hydrogen) atoms. The molecular weight excluding hydrogens is 355 g/mol. The monoisotopic (exact) mass is 374 g/mol. The number of amides is 1. The highest BCUT2D eigenvalue weighted by molar-refractivity contribution is 8.00. The molecule has 0 saturated carbocycles. The first-order valence-corrected chi connectivity index (χ1v) is 9.31. The molecule has 136 valence electrons. The first-order chi connectivity index (χ1) is 12.5. The molecular formula is C19H19FN2O3S. The quantitative estimate of drug-likeness (QED) is 0.437. The molecule has 1 aliphatic heterocycles. The van der Waals surface area contributed by atoms with Crippen LogP contribution in [0.15, 0.2) is 53.4 Å². The molecule has 1 saturated heterocycles. The van der Waals surface area contributed by atoms with E-state index in [1.54, 1.807) is 24.3 Å². The van der Waals surface area contributed by atoms with Crippen LogP contribution in [0.2, 0.25) is 0 Å². The van der Waals surface area contributed by atoms with Crippen LogP contribution in [-0.2, 0) is 4.79 Å². The van der Waals surface area contributed by atoms with Gasteiger partial charge in [-0.15, -0.1) is 11.8 Å². The van der Waals surface area contributed by atoms with E-state index in [4.69, 9.17) is 0 Å². The Kier molecular flexibility index (Phi) is 5.56. The molecule has 1 aliphatic rings. The van der Waals surface area contributed by atoms with Gasteiger partial charge in [0.15, 0.2) is 0 Å². The summed E-state index contributed by atoms with van der Waals surface area (Å²) in [4.78, 5) is 25.8. The summed E-state index contributed by atoms with van der Waals surface area (Å²) in [7, 11) is 0. The highest BCUT2D eigenvalue weighted by Crippen LogP contribution is 2.35. The van der Waals surface area contributed by atoms with Crippen molar-refractivity contribution in [2.45, 2.75) is 36.0 Å². The van der Waals surface area contributed by atoms with Gasteiger partial charge in [-0.2, -0.15) is 0 Å². The van der Waals surface area contributed by atoms with Gasteiger partial charge in [0.2, 0.25) is 5.91 Å². The van der Waals surface area contributed by atoms with Crippen molar-refractivity contribution in [3.63, 3.8) is 0 Å². The maximum atomic E-state index is 13.2. The zero-order valence-corrected chi connectivity index (χ0v) is 15.1. The predicted octanol–water partition coefficient (Wildman–Crippen LogP) is 4.58. The van der Waals surface area contributed by atoms with E-state index in [0.717, 1.165) is 23.3 Å². The first-order valence-electron chi connectivity index (χ1n) is 8.43. The van der Waals surface area contributed by atoms with Crippen molar-refractivity contribution >= 4 is 23.4 Å². The number of hydrogen-bond donors (Lipinski definition) is 0. The minimum absolute atomic E-state index is 0.0250. The van der Waals surface area contributed by atoms with Crippen molar-refractivity contribution < 1.29 is 14.1 Å². The summed E-state index contributed by atoms with van der Waals surface area (Å²) in [5.41, 5.74) is 0.981. The smallest absolute Gasteiger partial charge is 0.269 e. The molecule has 2 aromatic rings. The summed E-state index contributed by atoms with van der Waals surface area (Å²) in [6.45, 7) is 2.53. The van der Waals surface area contributed by atoms with Gasteiger partial charge in [0.1, 0.15) is 5.82 Å². The van der Waals surface area contributed by atoms with Crippen LogP contribution in [-0.4, -0.2) is 27.5 Å². The average molecular weight is 374 g/mol. The van der Waals surface area contributed by atoms with E-state index in [1.165, 1.54) is 36.0 Å². The number of carbonyl (C=O) groups is 1. The number of nitro groups is 1. The summed E-state index contributed by atoms with van der Waals surface area (Å²) in [6, 6.07) is 12.5. The van der Waals surface area contributed by atoms with Gasteiger partial charge in [-0.3, -0.25) is 14.9 Å². The van der Waals surface area contributed by atoms with Crippen LogP contribution in [0.25, 0.3) is 0 Å². The van der Waals surface area contributed by atoms with E-state index in [2.05, 4.69) is 0 Å². The minimum atomic E-state index is -0.444. The van der Waals surface area contributed by atoms with Crippen LogP contribution < -0.4 is 0 Å². The van der Waals surface area contributed by atoms with Gasteiger partial charge < -0.3 is 4.90 Å².